The third-order valence-electron chi connectivity index (χ3n) is 7.23. The number of nitrogens with one attached hydrogen (secondary N) is 3. The maximum Gasteiger partial charge on any atom is 0.131 e. The second-order valence-electron chi connectivity index (χ2n) is 9.86. The van der Waals surface area contributed by atoms with Gasteiger partial charge in [-0.25, -0.2) is 4.99 Å². The standard InChI is InChI=1S/C35H31N5/c36-30(25-13-4-1-5-14-25)22-23-31(37)29-21-20-24-12-10-11-19-28(24)32(29)35-39-33(26-15-6-2-7-16-26)38-34(40-35)27-17-8-3-9-18-27/h1-23,31,33,35-36,39H,37H2,(H,38,40)/b23-22-,36-30?. The van der Waals surface area contributed by atoms with E-state index in [0.717, 1.165) is 44.4 Å². The Kier molecular flexibility index (Phi) is 7.31. The molecule has 0 saturated carbocycles. The van der Waals surface area contributed by atoms with Crippen molar-refractivity contribution in [1.29, 1.82) is 5.41 Å². The van der Waals surface area contributed by atoms with Crippen LogP contribution in [-0.2, 0) is 0 Å². The van der Waals surface area contributed by atoms with E-state index in [1.54, 1.807) is 6.08 Å². The SMILES string of the molecule is N=C(/C=C\C(N)c1ccc2ccccc2c1C1NC(c2ccccc2)=NC(c2ccccc2)N1)c1ccccc1. The van der Waals surface area contributed by atoms with Crippen molar-refractivity contribution >= 4 is 22.3 Å². The summed E-state index contributed by atoms with van der Waals surface area (Å²) < 4.78 is 0. The fourth-order valence-corrected chi connectivity index (χ4v) is 5.20. The molecule has 5 nitrogen and oxygen atoms in total. The highest BCUT2D eigenvalue weighted by molar-refractivity contribution is 6.06. The third kappa shape index (κ3) is 5.34. The quantitative estimate of drug-likeness (QED) is 0.178. The fourth-order valence-electron chi connectivity index (χ4n) is 5.20. The smallest absolute Gasteiger partial charge is 0.131 e. The van der Waals surface area contributed by atoms with E-state index in [4.69, 9.17) is 16.1 Å². The van der Waals surface area contributed by atoms with Crippen LogP contribution < -0.4 is 16.4 Å². The Hall–Kier alpha value is -4.84. The second kappa shape index (κ2) is 11.5. The number of amidine groups is 1. The molecule has 6 rings (SSSR count). The Balaban J connectivity index is 1.43. The molecule has 0 aliphatic carbocycles. The summed E-state index contributed by atoms with van der Waals surface area (Å²) in [6.07, 6.45) is 3.20. The summed E-state index contributed by atoms with van der Waals surface area (Å²) in [4.78, 5) is 5.07. The van der Waals surface area contributed by atoms with Gasteiger partial charge in [0, 0.05) is 17.2 Å². The molecule has 40 heavy (non-hydrogen) atoms. The van der Waals surface area contributed by atoms with E-state index in [2.05, 4.69) is 71.3 Å². The van der Waals surface area contributed by atoms with Crippen molar-refractivity contribution in [1.82, 2.24) is 10.6 Å². The van der Waals surface area contributed by atoms with Gasteiger partial charge < -0.3 is 16.5 Å². The summed E-state index contributed by atoms with van der Waals surface area (Å²) in [6, 6.07) is 42.4. The molecule has 1 aliphatic heterocycles. The lowest BCUT2D eigenvalue weighted by atomic mass is 9.91. The van der Waals surface area contributed by atoms with Gasteiger partial charge in [0.2, 0.25) is 0 Å². The van der Waals surface area contributed by atoms with Crippen LogP contribution in [0.1, 0.15) is 46.2 Å². The van der Waals surface area contributed by atoms with Gasteiger partial charge in [0.15, 0.2) is 0 Å². The maximum absolute atomic E-state index is 8.53. The van der Waals surface area contributed by atoms with Crippen LogP contribution in [0.25, 0.3) is 10.8 Å². The van der Waals surface area contributed by atoms with Crippen LogP contribution in [-0.4, -0.2) is 11.5 Å². The van der Waals surface area contributed by atoms with E-state index in [0.29, 0.717) is 5.71 Å². The molecule has 0 spiro atoms. The van der Waals surface area contributed by atoms with Crippen molar-refractivity contribution in [3.8, 4) is 0 Å². The number of nitrogens with two attached hydrogens (primary N) is 1. The van der Waals surface area contributed by atoms with Crippen molar-refractivity contribution in [3.63, 3.8) is 0 Å². The van der Waals surface area contributed by atoms with Crippen molar-refractivity contribution in [2.24, 2.45) is 10.7 Å². The van der Waals surface area contributed by atoms with E-state index in [1.807, 2.05) is 72.8 Å². The Morgan fingerprint density at radius 3 is 2.17 bits per heavy atom. The molecule has 3 atom stereocenters. The van der Waals surface area contributed by atoms with Crippen molar-refractivity contribution < 1.29 is 0 Å². The third-order valence-corrected chi connectivity index (χ3v) is 7.23. The number of nitrogens with zero attached hydrogens (tertiary/aromatic N) is 1. The number of hydrogen-bond donors (Lipinski definition) is 4. The van der Waals surface area contributed by atoms with Gasteiger partial charge in [-0.15, -0.1) is 0 Å². The van der Waals surface area contributed by atoms with Gasteiger partial charge in [-0.2, -0.15) is 0 Å². The van der Waals surface area contributed by atoms with Crippen LogP contribution in [0.5, 0.6) is 0 Å². The fraction of sp³-hybridized carbons (Fsp3) is 0.0857. The molecule has 5 aromatic carbocycles. The van der Waals surface area contributed by atoms with Gasteiger partial charge >= 0.3 is 0 Å². The molecule has 0 saturated heterocycles. The normalized spacial score (nSPS) is 17.8. The second-order valence-corrected chi connectivity index (χ2v) is 9.86. The summed E-state index contributed by atoms with van der Waals surface area (Å²) in [5, 5.41) is 18.2. The van der Waals surface area contributed by atoms with Crippen LogP contribution in [0.3, 0.4) is 0 Å². The average molecular weight is 522 g/mol. The first-order valence-electron chi connectivity index (χ1n) is 13.5. The Labute approximate surface area is 234 Å². The molecule has 5 heteroatoms. The molecular formula is C35H31N5. The summed E-state index contributed by atoms with van der Waals surface area (Å²) >= 11 is 0. The monoisotopic (exact) mass is 521 g/mol. The molecule has 0 bridgehead atoms. The van der Waals surface area contributed by atoms with Gasteiger partial charge in [0.1, 0.15) is 18.2 Å². The summed E-state index contributed by atoms with van der Waals surface area (Å²) in [7, 11) is 0. The molecule has 1 heterocycles. The Bertz CT molecular complexity index is 1680. The lowest BCUT2D eigenvalue weighted by Gasteiger charge is -2.34. The number of fused-ring (bicyclic) bond motifs is 1. The minimum atomic E-state index is -0.415. The van der Waals surface area contributed by atoms with Gasteiger partial charge in [-0.1, -0.05) is 133 Å². The topological polar surface area (TPSA) is 86.3 Å². The number of benzene rings is 5. The number of allylic oxidation sites excluding steroid dienone is 1. The molecule has 5 aromatic rings. The van der Waals surface area contributed by atoms with Crippen LogP contribution in [0.4, 0.5) is 0 Å². The van der Waals surface area contributed by atoms with E-state index in [-0.39, 0.29) is 12.3 Å². The van der Waals surface area contributed by atoms with E-state index >= 15 is 0 Å². The molecular weight excluding hydrogens is 490 g/mol. The van der Waals surface area contributed by atoms with E-state index < -0.39 is 6.04 Å². The molecule has 3 unspecified atom stereocenters. The minimum Gasteiger partial charge on any atom is -0.350 e. The zero-order chi connectivity index (χ0) is 27.3. The molecule has 1 aliphatic rings. The molecule has 0 amide bonds. The molecule has 196 valence electrons. The first kappa shape index (κ1) is 25.4. The van der Waals surface area contributed by atoms with Crippen LogP contribution >= 0.6 is 0 Å². The summed E-state index contributed by atoms with van der Waals surface area (Å²) in [5.41, 5.74) is 12.3. The minimum absolute atomic E-state index is 0.243. The number of aliphatic imine (C=N–C) groups is 1. The lowest BCUT2D eigenvalue weighted by Crippen LogP contribution is -2.45. The van der Waals surface area contributed by atoms with Gasteiger partial charge in [-0.05, 0) is 33.5 Å². The first-order chi connectivity index (χ1) is 19.7. The first-order valence-corrected chi connectivity index (χ1v) is 13.5. The van der Waals surface area contributed by atoms with Gasteiger partial charge in [-0.3, -0.25) is 5.32 Å². The number of rotatable bonds is 7. The molecule has 5 N–H and O–H groups in total. The van der Waals surface area contributed by atoms with Gasteiger partial charge in [0.05, 0.1) is 5.71 Å². The van der Waals surface area contributed by atoms with Gasteiger partial charge in [0.25, 0.3) is 0 Å². The predicted octanol–water partition coefficient (Wildman–Crippen LogP) is 6.80. The van der Waals surface area contributed by atoms with Crippen LogP contribution in [0.2, 0.25) is 0 Å². The number of hydrogen-bond acceptors (Lipinski definition) is 5. The van der Waals surface area contributed by atoms with Crippen molar-refractivity contribution in [2.75, 3.05) is 0 Å². The van der Waals surface area contributed by atoms with Crippen LogP contribution in [0, 0.1) is 5.41 Å². The van der Waals surface area contributed by atoms with E-state index in [9.17, 15) is 0 Å². The van der Waals surface area contributed by atoms with E-state index in [1.165, 1.54) is 0 Å². The predicted molar refractivity (Wildman–Crippen MR) is 164 cm³/mol. The van der Waals surface area contributed by atoms with Crippen molar-refractivity contribution in [3.05, 3.63) is 167 Å². The Morgan fingerprint density at radius 2 is 1.43 bits per heavy atom. The van der Waals surface area contributed by atoms with Crippen LogP contribution in [0.15, 0.2) is 145 Å². The molecule has 0 fully saturated rings. The largest absolute Gasteiger partial charge is 0.350 e. The highest BCUT2D eigenvalue weighted by Gasteiger charge is 2.29. The molecule has 0 aromatic heterocycles. The van der Waals surface area contributed by atoms with Crippen molar-refractivity contribution in [2.45, 2.75) is 18.4 Å². The average Bonchev–Trinajstić information content (AvgIpc) is 3.04. The maximum atomic E-state index is 8.53. The highest BCUT2D eigenvalue weighted by atomic mass is 15.3. The lowest BCUT2D eigenvalue weighted by molar-refractivity contribution is 0.408. The zero-order valence-corrected chi connectivity index (χ0v) is 22.0. The Morgan fingerprint density at radius 1 is 0.775 bits per heavy atom. The highest BCUT2D eigenvalue weighted by Crippen LogP contribution is 2.34. The zero-order valence-electron chi connectivity index (χ0n) is 22.0. The summed E-state index contributed by atoms with van der Waals surface area (Å²) in [5.74, 6) is 0.826. The molecule has 0 radical (unpaired) electrons. The summed E-state index contributed by atoms with van der Waals surface area (Å²) in [6.45, 7) is 0.